The standard InChI is InChI=1S/C17H18F3N5O2/c18-12-5-9(6-24-16(12)27-17(19)20)15(26)23-7-11-10(8-1-2-8)3-4-13(21)14(11)25-22/h3-6,8,17,25H,1-2,7,21-22H2,(H,23,26). The van der Waals surface area contributed by atoms with Gasteiger partial charge in [0.1, 0.15) is 0 Å². The van der Waals surface area contributed by atoms with E-state index in [4.69, 9.17) is 11.6 Å². The molecule has 0 aliphatic heterocycles. The number of benzene rings is 1. The van der Waals surface area contributed by atoms with Crippen molar-refractivity contribution in [2.45, 2.75) is 31.9 Å². The molecule has 2 aromatic rings. The second-order valence-electron chi connectivity index (χ2n) is 6.09. The first-order valence-corrected chi connectivity index (χ1v) is 8.17. The van der Waals surface area contributed by atoms with Gasteiger partial charge in [-0.3, -0.25) is 10.6 Å². The maximum atomic E-state index is 13.7. The predicted octanol–water partition coefficient (Wildman–Crippen LogP) is 2.50. The number of nitrogens with two attached hydrogens (primary N) is 2. The molecule has 0 spiro atoms. The number of carbonyl (C=O) groups excluding carboxylic acids is 1. The highest BCUT2D eigenvalue weighted by molar-refractivity contribution is 5.94. The van der Waals surface area contributed by atoms with Crippen molar-refractivity contribution in [3.63, 3.8) is 0 Å². The van der Waals surface area contributed by atoms with E-state index >= 15 is 0 Å². The third-order valence-corrected chi connectivity index (χ3v) is 4.24. The maximum absolute atomic E-state index is 13.7. The minimum absolute atomic E-state index is 0.103. The molecule has 0 atom stereocenters. The van der Waals surface area contributed by atoms with Crippen LogP contribution in [-0.2, 0) is 6.54 Å². The molecule has 6 N–H and O–H groups in total. The van der Waals surface area contributed by atoms with Crippen LogP contribution in [0.15, 0.2) is 24.4 Å². The van der Waals surface area contributed by atoms with Gasteiger partial charge in [0.05, 0.1) is 16.9 Å². The van der Waals surface area contributed by atoms with Crippen LogP contribution in [0.3, 0.4) is 0 Å². The topological polar surface area (TPSA) is 115 Å². The number of pyridine rings is 1. The summed E-state index contributed by atoms with van der Waals surface area (Å²) in [6, 6.07) is 4.42. The van der Waals surface area contributed by atoms with E-state index in [1.165, 1.54) is 0 Å². The van der Waals surface area contributed by atoms with Crippen LogP contribution in [0, 0.1) is 5.82 Å². The number of rotatable bonds is 7. The number of nitrogens with zero attached hydrogens (tertiary/aromatic N) is 1. The molecule has 1 aromatic carbocycles. The molecule has 0 bridgehead atoms. The van der Waals surface area contributed by atoms with Crippen LogP contribution < -0.4 is 27.1 Å². The lowest BCUT2D eigenvalue weighted by Crippen LogP contribution is -2.25. The first-order chi connectivity index (χ1) is 12.9. The van der Waals surface area contributed by atoms with Crippen molar-refractivity contribution in [1.29, 1.82) is 0 Å². The van der Waals surface area contributed by atoms with E-state index < -0.39 is 24.2 Å². The molecule has 7 nitrogen and oxygen atoms in total. The molecule has 0 radical (unpaired) electrons. The highest BCUT2D eigenvalue weighted by atomic mass is 19.3. The number of alkyl halides is 2. The molecule has 10 heteroatoms. The van der Waals surface area contributed by atoms with E-state index in [0.717, 1.165) is 36.2 Å². The van der Waals surface area contributed by atoms with Crippen molar-refractivity contribution in [2.75, 3.05) is 11.2 Å². The third kappa shape index (κ3) is 4.22. The zero-order valence-corrected chi connectivity index (χ0v) is 14.1. The van der Waals surface area contributed by atoms with E-state index in [-0.39, 0.29) is 12.1 Å². The van der Waals surface area contributed by atoms with Crippen molar-refractivity contribution >= 4 is 17.3 Å². The zero-order chi connectivity index (χ0) is 19.6. The van der Waals surface area contributed by atoms with Crippen molar-refractivity contribution in [3.05, 3.63) is 46.9 Å². The fraction of sp³-hybridized carbons (Fsp3) is 0.294. The Labute approximate surface area is 152 Å². The van der Waals surface area contributed by atoms with Gasteiger partial charge >= 0.3 is 6.61 Å². The van der Waals surface area contributed by atoms with Gasteiger partial charge in [-0.1, -0.05) is 6.07 Å². The second-order valence-corrected chi connectivity index (χ2v) is 6.09. The van der Waals surface area contributed by atoms with Crippen LogP contribution in [-0.4, -0.2) is 17.5 Å². The number of carbonyl (C=O) groups is 1. The summed E-state index contributed by atoms with van der Waals surface area (Å²) in [7, 11) is 0. The average molecular weight is 381 g/mol. The molecular weight excluding hydrogens is 363 g/mol. The van der Waals surface area contributed by atoms with Gasteiger partial charge in [-0.15, -0.1) is 0 Å². The minimum atomic E-state index is -3.21. The molecule has 3 rings (SSSR count). The molecule has 1 amide bonds. The zero-order valence-electron chi connectivity index (χ0n) is 14.1. The van der Waals surface area contributed by atoms with Gasteiger partial charge < -0.3 is 21.2 Å². The number of hydrazine groups is 1. The molecule has 0 unspecified atom stereocenters. The molecule has 1 aromatic heterocycles. The summed E-state index contributed by atoms with van der Waals surface area (Å²) in [6.07, 6.45) is 3.03. The number of halogens is 3. The lowest BCUT2D eigenvalue weighted by Gasteiger charge is -2.17. The summed E-state index contributed by atoms with van der Waals surface area (Å²) in [6.45, 7) is -3.11. The number of aromatic nitrogens is 1. The molecular formula is C17H18F3N5O2. The van der Waals surface area contributed by atoms with Crippen LogP contribution in [0.4, 0.5) is 24.5 Å². The lowest BCUT2D eigenvalue weighted by atomic mass is 10.00. The predicted molar refractivity (Wildman–Crippen MR) is 92.6 cm³/mol. The molecule has 1 aliphatic rings. The Morgan fingerprint density at radius 1 is 1.37 bits per heavy atom. The average Bonchev–Trinajstić information content (AvgIpc) is 3.46. The van der Waals surface area contributed by atoms with E-state index in [0.29, 0.717) is 17.3 Å². The van der Waals surface area contributed by atoms with Crippen LogP contribution in [0.5, 0.6) is 5.88 Å². The number of hydrogen-bond donors (Lipinski definition) is 4. The van der Waals surface area contributed by atoms with E-state index in [9.17, 15) is 18.0 Å². The maximum Gasteiger partial charge on any atom is 0.388 e. The van der Waals surface area contributed by atoms with Crippen LogP contribution in [0.1, 0.15) is 40.2 Å². The fourth-order valence-corrected chi connectivity index (χ4v) is 2.81. The van der Waals surface area contributed by atoms with Gasteiger partial charge in [-0.25, -0.2) is 9.37 Å². The molecule has 1 heterocycles. The Balaban J connectivity index is 1.76. The molecule has 27 heavy (non-hydrogen) atoms. The van der Waals surface area contributed by atoms with Crippen molar-refractivity contribution in [2.24, 2.45) is 5.84 Å². The SMILES string of the molecule is NNc1c(N)ccc(C2CC2)c1CNC(=O)c1cnc(OC(F)F)c(F)c1. The monoisotopic (exact) mass is 381 g/mol. The number of nitrogen functional groups attached to an aromatic ring is 2. The number of amides is 1. The van der Waals surface area contributed by atoms with Gasteiger partial charge in [0.25, 0.3) is 11.8 Å². The summed E-state index contributed by atoms with van der Waals surface area (Å²) in [5.41, 5.74) is 11.1. The molecule has 144 valence electrons. The van der Waals surface area contributed by atoms with Gasteiger partial charge in [-0.2, -0.15) is 8.78 Å². The lowest BCUT2D eigenvalue weighted by molar-refractivity contribution is -0.0553. The summed E-state index contributed by atoms with van der Waals surface area (Å²) in [4.78, 5) is 15.7. The normalized spacial score (nSPS) is 13.5. The van der Waals surface area contributed by atoms with E-state index in [2.05, 4.69) is 20.5 Å². The Kier molecular flexibility index (Phi) is 5.36. The quantitative estimate of drug-likeness (QED) is 0.333. The number of hydrogen-bond acceptors (Lipinski definition) is 6. The van der Waals surface area contributed by atoms with Gasteiger partial charge in [0.2, 0.25) is 0 Å². The van der Waals surface area contributed by atoms with E-state index in [1.807, 2.05) is 6.07 Å². The summed E-state index contributed by atoms with van der Waals surface area (Å²) < 4.78 is 41.9. The van der Waals surface area contributed by atoms with Crippen molar-refractivity contribution in [3.8, 4) is 5.88 Å². The van der Waals surface area contributed by atoms with Crippen molar-refractivity contribution < 1.29 is 22.7 Å². The first-order valence-electron chi connectivity index (χ1n) is 8.17. The molecule has 0 saturated heterocycles. The molecule has 1 fully saturated rings. The van der Waals surface area contributed by atoms with E-state index in [1.54, 1.807) is 6.07 Å². The van der Waals surface area contributed by atoms with Crippen molar-refractivity contribution in [1.82, 2.24) is 10.3 Å². The Hall–Kier alpha value is -3.01. The van der Waals surface area contributed by atoms with Crippen LogP contribution >= 0.6 is 0 Å². The van der Waals surface area contributed by atoms with Crippen LogP contribution in [0.25, 0.3) is 0 Å². The highest BCUT2D eigenvalue weighted by Gasteiger charge is 2.28. The van der Waals surface area contributed by atoms with Gasteiger partial charge in [0.15, 0.2) is 5.82 Å². The Morgan fingerprint density at radius 2 is 2.11 bits per heavy atom. The van der Waals surface area contributed by atoms with Gasteiger partial charge in [0, 0.05) is 18.3 Å². The Bertz CT molecular complexity index is 859. The highest BCUT2D eigenvalue weighted by Crippen LogP contribution is 2.44. The van der Waals surface area contributed by atoms with Crippen LogP contribution in [0.2, 0.25) is 0 Å². The number of nitrogens with one attached hydrogen (secondary N) is 2. The minimum Gasteiger partial charge on any atom is -0.414 e. The largest absolute Gasteiger partial charge is 0.414 e. The molecule has 1 saturated carbocycles. The smallest absolute Gasteiger partial charge is 0.388 e. The summed E-state index contributed by atoms with van der Waals surface area (Å²) >= 11 is 0. The number of anilines is 2. The Morgan fingerprint density at radius 3 is 2.70 bits per heavy atom. The summed E-state index contributed by atoms with van der Waals surface area (Å²) in [5.74, 6) is 3.28. The third-order valence-electron chi connectivity index (χ3n) is 4.24. The summed E-state index contributed by atoms with van der Waals surface area (Å²) in [5, 5.41) is 2.64. The second kappa shape index (κ2) is 7.70. The van der Waals surface area contributed by atoms with Gasteiger partial charge in [-0.05, 0) is 36.5 Å². The number of ether oxygens (including phenoxy) is 1. The molecule has 1 aliphatic carbocycles. The fourth-order valence-electron chi connectivity index (χ4n) is 2.81. The first kappa shape index (κ1) is 18.8.